The van der Waals surface area contributed by atoms with Gasteiger partial charge in [-0.3, -0.25) is 9.59 Å². The Bertz CT molecular complexity index is 514. The number of hydrogen-bond donors (Lipinski definition) is 2. The van der Waals surface area contributed by atoms with Gasteiger partial charge < -0.3 is 15.4 Å². The van der Waals surface area contributed by atoms with Crippen molar-refractivity contribution < 1.29 is 19.1 Å². The highest BCUT2D eigenvalue weighted by molar-refractivity contribution is 5.98. The van der Waals surface area contributed by atoms with E-state index in [1.807, 2.05) is 0 Å². The number of carbonyl (C=O) groups is 3. The highest BCUT2D eigenvalue weighted by Gasteiger charge is 2.20. The molecule has 0 heterocycles. The molecule has 1 aromatic rings. The number of hydrogen-bond acceptors (Lipinski definition) is 4. The van der Waals surface area contributed by atoms with Crippen molar-refractivity contribution in [2.75, 3.05) is 12.4 Å². The fourth-order valence-electron chi connectivity index (χ4n) is 1.65. The molecule has 0 aliphatic rings. The number of esters is 1. The summed E-state index contributed by atoms with van der Waals surface area (Å²) in [7, 11) is 1.27. The summed E-state index contributed by atoms with van der Waals surface area (Å²) < 4.78 is 4.61. The number of ether oxygens (including phenoxy) is 1. The first-order chi connectivity index (χ1) is 9.47. The van der Waals surface area contributed by atoms with E-state index in [1.165, 1.54) is 14.0 Å². The molecular formula is C14H18N2O4. The second-order valence-corrected chi connectivity index (χ2v) is 4.22. The second-order valence-electron chi connectivity index (χ2n) is 4.22. The summed E-state index contributed by atoms with van der Waals surface area (Å²) in [5.74, 6) is -1.10. The average molecular weight is 278 g/mol. The molecule has 2 N–H and O–H groups in total. The van der Waals surface area contributed by atoms with E-state index < -0.39 is 17.9 Å². The monoisotopic (exact) mass is 278 g/mol. The fraction of sp³-hybridized carbons (Fsp3) is 0.357. The lowest BCUT2D eigenvalue weighted by molar-refractivity contribution is -0.142. The van der Waals surface area contributed by atoms with Crippen LogP contribution in [0, 0.1) is 0 Å². The van der Waals surface area contributed by atoms with Crippen molar-refractivity contribution in [2.45, 2.75) is 26.3 Å². The number of methoxy groups -OCH3 is 1. The third-order valence-corrected chi connectivity index (χ3v) is 2.64. The van der Waals surface area contributed by atoms with Crippen LogP contribution in [0.2, 0.25) is 0 Å². The maximum atomic E-state index is 12.0. The van der Waals surface area contributed by atoms with E-state index in [1.54, 1.807) is 31.2 Å². The van der Waals surface area contributed by atoms with Crippen molar-refractivity contribution in [1.82, 2.24) is 5.32 Å². The topological polar surface area (TPSA) is 84.5 Å². The Kier molecular flexibility index (Phi) is 5.71. The summed E-state index contributed by atoms with van der Waals surface area (Å²) in [6, 6.07) is 5.79. The molecule has 1 aromatic carbocycles. The Morgan fingerprint density at radius 3 is 2.55 bits per heavy atom. The summed E-state index contributed by atoms with van der Waals surface area (Å²) >= 11 is 0. The summed E-state index contributed by atoms with van der Waals surface area (Å²) in [4.78, 5) is 34.4. The molecule has 1 atom stereocenters. The van der Waals surface area contributed by atoms with E-state index in [9.17, 15) is 14.4 Å². The number of benzene rings is 1. The van der Waals surface area contributed by atoms with Gasteiger partial charge in [0.25, 0.3) is 5.91 Å². The first-order valence-electron chi connectivity index (χ1n) is 6.24. The van der Waals surface area contributed by atoms with Crippen molar-refractivity contribution in [2.24, 2.45) is 0 Å². The summed E-state index contributed by atoms with van der Waals surface area (Å²) in [5.41, 5.74) is 0.884. The molecule has 1 unspecified atom stereocenters. The first-order valence-corrected chi connectivity index (χ1v) is 6.24. The lowest BCUT2D eigenvalue weighted by atomic mass is 10.1. The van der Waals surface area contributed by atoms with Gasteiger partial charge in [-0.15, -0.1) is 0 Å². The quantitative estimate of drug-likeness (QED) is 0.796. The van der Waals surface area contributed by atoms with Gasteiger partial charge in [0, 0.05) is 18.2 Å². The molecule has 2 amide bonds. The maximum absolute atomic E-state index is 12.0. The molecular weight excluding hydrogens is 260 g/mol. The van der Waals surface area contributed by atoms with Gasteiger partial charge in [0.15, 0.2) is 0 Å². The SMILES string of the molecule is CCC(NC(=O)c1cccc(NC(C)=O)c1)C(=O)OC. The third-order valence-electron chi connectivity index (χ3n) is 2.64. The van der Waals surface area contributed by atoms with Crippen molar-refractivity contribution in [1.29, 1.82) is 0 Å². The van der Waals surface area contributed by atoms with E-state index in [-0.39, 0.29) is 5.91 Å². The minimum absolute atomic E-state index is 0.219. The second kappa shape index (κ2) is 7.28. The van der Waals surface area contributed by atoms with Gasteiger partial charge in [-0.1, -0.05) is 13.0 Å². The zero-order valence-electron chi connectivity index (χ0n) is 11.7. The molecule has 6 heteroatoms. The van der Waals surface area contributed by atoms with Crippen LogP contribution in [0.4, 0.5) is 5.69 Å². The molecule has 0 saturated heterocycles. The van der Waals surface area contributed by atoms with Crippen LogP contribution in [-0.4, -0.2) is 30.9 Å². The number of rotatable bonds is 5. The van der Waals surface area contributed by atoms with E-state index in [0.29, 0.717) is 17.7 Å². The molecule has 0 bridgehead atoms. The summed E-state index contributed by atoms with van der Waals surface area (Å²) in [5, 5.41) is 5.18. The molecule has 20 heavy (non-hydrogen) atoms. The van der Waals surface area contributed by atoms with Crippen LogP contribution in [0.1, 0.15) is 30.6 Å². The highest BCUT2D eigenvalue weighted by Crippen LogP contribution is 2.11. The van der Waals surface area contributed by atoms with E-state index in [0.717, 1.165) is 0 Å². The normalized spacial score (nSPS) is 11.3. The summed E-state index contributed by atoms with van der Waals surface area (Å²) in [6.45, 7) is 3.16. The molecule has 6 nitrogen and oxygen atoms in total. The molecule has 0 aromatic heterocycles. The molecule has 0 aliphatic heterocycles. The standard InChI is InChI=1S/C14H18N2O4/c1-4-12(14(19)20-3)16-13(18)10-6-5-7-11(8-10)15-9(2)17/h5-8,12H,4H2,1-3H3,(H,15,17)(H,16,18). The summed E-state index contributed by atoms with van der Waals surface area (Å²) in [6.07, 6.45) is 0.434. The predicted molar refractivity (Wildman–Crippen MR) is 74.3 cm³/mol. The van der Waals surface area contributed by atoms with Crippen LogP contribution in [0.5, 0.6) is 0 Å². The Morgan fingerprint density at radius 2 is 2.00 bits per heavy atom. The van der Waals surface area contributed by atoms with Gasteiger partial charge in [0.1, 0.15) is 6.04 Å². The molecule has 0 spiro atoms. The minimum Gasteiger partial charge on any atom is -0.467 e. The minimum atomic E-state index is -0.683. The van der Waals surface area contributed by atoms with Crippen LogP contribution in [0.3, 0.4) is 0 Å². The van der Waals surface area contributed by atoms with Crippen LogP contribution < -0.4 is 10.6 Å². The Morgan fingerprint density at radius 1 is 1.30 bits per heavy atom. The Labute approximate surface area is 117 Å². The molecule has 1 rings (SSSR count). The van der Waals surface area contributed by atoms with Crippen molar-refractivity contribution in [3.8, 4) is 0 Å². The zero-order chi connectivity index (χ0) is 15.1. The van der Waals surface area contributed by atoms with Crippen LogP contribution in [0.25, 0.3) is 0 Å². The van der Waals surface area contributed by atoms with Crippen molar-refractivity contribution in [3.05, 3.63) is 29.8 Å². The number of anilines is 1. The molecule has 0 saturated carbocycles. The number of nitrogens with one attached hydrogen (secondary N) is 2. The maximum Gasteiger partial charge on any atom is 0.328 e. The van der Waals surface area contributed by atoms with Crippen molar-refractivity contribution >= 4 is 23.5 Å². The molecule has 0 fully saturated rings. The van der Waals surface area contributed by atoms with Crippen molar-refractivity contribution in [3.63, 3.8) is 0 Å². The Balaban J connectivity index is 2.81. The van der Waals surface area contributed by atoms with Gasteiger partial charge in [-0.05, 0) is 24.6 Å². The van der Waals surface area contributed by atoms with Gasteiger partial charge in [0.05, 0.1) is 7.11 Å². The number of amides is 2. The van der Waals surface area contributed by atoms with E-state index >= 15 is 0 Å². The predicted octanol–water partition coefficient (Wildman–Crippen LogP) is 1.33. The van der Waals surface area contributed by atoms with Gasteiger partial charge in [0.2, 0.25) is 5.91 Å². The zero-order valence-corrected chi connectivity index (χ0v) is 11.7. The third kappa shape index (κ3) is 4.38. The largest absolute Gasteiger partial charge is 0.467 e. The van der Waals surface area contributed by atoms with E-state index in [2.05, 4.69) is 15.4 Å². The first kappa shape index (κ1) is 15.7. The Hall–Kier alpha value is -2.37. The van der Waals surface area contributed by atoms with Crippen LogP contribution in [0.15, 0.2) is 24.3 Å². The fourth-order valence-corrected chi connectivity index (χ4v) is 1.65. The van der Waals surface area contributed by atoms with Gasteiger partial charge >= 0.3 is 5.97 Å². The smallest absolute Gasteiger partial charge is 0.328 e. The highest BCUT2D eigenvalue weighted by atomic mass is 16.5. The molecule has 0 aliphatic carbocycles. The number of carbonyl (C=O) groups excluding carboxylic acids is 3. The molecule has 0 radical (unpaired) electrons. The lowest BCUT2D eigenvalue weighted by Gasteiger charge is -2.14. The lowest BCUT2D eigenvalue weighted by Crippen LogP contribution is -2.41. The van der Waals surface area contributed by atoms with Crippen LogP contribution in [-0.2, 0) is 14.3 Å². The van der Waals surface area contributed by atoms with E-state index in [4.69, 9.17) is 0 Å². The average Bonchev–Trinajstić information content (AvgIpc) is 2.43. The van der Waals surface area contributed by atoms with Crippen LogP contribution >= 0.6 is 0 Å². The van der Waals surface area contributed by atoms with Gasteiger partial charge in [-0.25, -0.2) is 4.79 Å². The van der Waals surface area contributed by atoms with Gasteiger partial charge in [-0.2, -0.15) is 0 Å². The molecule has 108 valence electrons.